The first-order valence-corrected chi connectivity index (χ1v) is 5.35. The number of carbonyl (C=O) groups excluding carboxylic acids is 1. The largest absolute Gasteiger partial charge is 0.295 e. The number of carbonyl (C=O) groups is 1. The minimum Gasteiger partial charge on any atom is -0.295 e. The molecule has 0 fully saturated rings. The Balaban J connectivity index is 2.11. The molecule has 1 heterocycles. The Labute approximate surface area is 91.2 Å². The molecule has 0 atom stereocenters. The molecular weight excluding hydrogens is 242 g/mol. The maximum Gasteiger partial charge on any atom is 0.155 e. The lowest BCUT2D eigenvalue weighted by Crippen LogP contribution is -1.88. The second kappa shape index (κ2) is 4.05. The molecule has 0 saturated carbocycles. The molecule has 1 aromatic rings. The van der Waals surface area contributed by atoms with Gasteiger partial charge in [-0.3, -0.25) is 9.78 Å². The van der Waals surface area contributed by atoms with Crippen molar-refractivity contribution >= 4 is 21.7 Å². The van der Waals surface area contributed by atoms with Crippen LogP contribution in [0.4, 0.5) is 0 Å². The molecule has 0 amide bonds. The molecule has 2 nitrogen and oxygen atoms in total. The molecule has 0 aliphatic heterocycles. The quantitative estimate of drug-likeness (QED) is 0.809. The molecule has 14 heavy (non-hydrogen) atoms. The smallest absolute Gasteiger partial charge is 0.155 e. The average Bonchev–Trinajstić information content (AvgIpc) is 2.51. The molecule has 0 spiro atoms. The Morgan fingerprint density at radius 3 is 2.86 bits per heavy atom. The van der Waals surface area contributed by atoms with Crippen LogP contribution in [-0.2, 0) is 11.2 Å². The van der Waals surface area contributed by atoms with Crippen molar-refractivity contribution in [2.45, 2.75) is 19.3 Å². The van der Waals surface area contributed by atoms with Crippen LogP contribution in [0.15, 0.2) is 34.6 Å². The molecule has 1 aliphatic rings. The highest BCUT2D eigenvalue weighted by molar-refractivity contribution is 9.10. The van der Waals surface area contributed by atoms with Gasteiger partial charge in [0.15, 0.2) is 5.78 Å². The van der Waals surface area contributed by atoms with Crippen LogP contribution in [0.5, 0.6) is 0 Å². The third-order valence-corrected chi connectivity index (χ3v) is 2.68. The summed E-state index contributed by atoms with van der Waals surface area (Å²) >= 11 is 3.37. The van der Waals surface area contributed by atoms with E-state index in [2.05, 4.69) is 20.9 Å². The number of nitrogens with zero attached hydrogens (tertiary/aromatic N) is 1. The van der Waals surface area contributed by atoms with Gasteiger partial charge >= 0.3 is 0 Å². The van der Waals surface area contributed by atoms with Crippen molar-refractivity contribution < 1.29 is 4.79 Å². The number of hydrogen-bond donors (Lipinski definition) is 0. The van der Waals surface area contributed by atoms with E-state index in [-0.39, 0.29) is 5.78 Å². The van der Waals surface area contributed by atoms with Gasteiger partial charge in [-0.05, 0) is 46.5 Å². The van der Waals surface area contributed by atoms with Crippen molar-refractivity contribution in [3.63, 3.8) is 0 Å². The van der Waals surface area contributed by atoms with Crippen LogP contribution in [0.25, 0.3) is 0 Å². The monoisotopic (exact) mass is 251 g/mol. The number of ketones is 1. The van der Waals surface area contributed by atoms with E-state index in [4.69, 9.17) is 0 Å². The summed E-state index contributed by atoms with van der Waals surface area (Å²) in [5, 5.41) is 0. The minimum absolute atomic E-state index is 0.253. The van der Waals surface area contributed by atoms with E-state index >= 15 is 0 Å². The van der Waals surface area contributed by atoms with E-state index in [1.54, 1.807) is 12.3 Å². The van der Waals surface area contributed by atoms with E-state index in [1.807, 2.05) is 12.3 Å². The Morgan fingerprint density at radius 1 is 1.36 bits per heavy atom. The Hall–Kier alpha value is -0.960. The van der Waals surface area contributed by atoms with Crippen molar-refractivity contribution in [3.05, 3.63) is 40.1 Å². The molecule has 0 radical (unpaired) electrons. The van der Waals surface area contributed by atoms with Gasteiger partial charge in [0.05, 0.1) is 0 Å². The van der Waals surface area contributed by atoms with Gasteiger partial charge < -0.3 is 0 Å². The fourth-order valence-electron chi connectivity index (χ4n) is 1.61. The molecule has 1 aliphatic carbocycles. The van der Waals surface area contributed by atoms with E-state index in [9.17, 15) is 4.79 Å². The second-order valence-corrected chi connectivity index (χ2v) is 4.37. The standard InChI is InChI=1S/C11H10BrNO/c12-10-4-9(6-13-7-10)3-8-1-2-11(14)5-8/h4-7H,1-3H2. The molecule has 72 valence electrons. The summed E-state index contributed by atoms with van der Waals surface area (Å²) in [5.74, 6) is 0.253. The van der Waals surface area contributed by atoms with Crippen LogP contribution >= 0.6 is 15.9 Å². The molecule has 0 N–H and O–H groups in total. The fourth-order valence-corrected chi connectivity index (χ4v) is 2.02. The molecule has 0 bridgehead atoms. The number of hydrogen-bond acceptors (Lipinski definition) is 2. The molecule has 3 heteroatoms. The van der Waals surface area contributed by atoms with Gasteiger partial charge in [0.2, 0.25) is 0 Å². The van der Waals surface area contributed by atoms with Crippen LogP contribution in [0.2, 0.25) is 0 Å². The lowest BCUT2D eigenvalue weighted by atomic mass is 10.1. The zero-order valence-corrected chi connectivity index (χ0v) is 9.25. The molecular formula is C11H10BrNO. The number of halogens is 1. The first-order valence-electron chi connectivity index (χ1n) is 4.56. The Kier molecular flexibility index (Phi) is 2.77. The van der Waals surface area contributed by atoms with Crippen molar-refractivity contribution in [1.82, 2.24) is 4.98 Å². The zero-order chi connectivity index (χ0) is 9.97. The van der Waals surface area contributed by atoms with Crippen LogP contribution in [0.1, 0.15) is 18.4 Å². The highest BCUT2D eigenvalue weighted by atomic mass is 79.9. The number of aromatic nitrogens is 1. The minimum atomic E-state index is 0.253. The van der Waals surface area contributed by atoms with Crippen LogP contribution in [0, 0.1) is 0 Å². The van der Waals surface area contributed by atoms with Crippen molar-refractivity contribution in [1.29, 1.82) is 0 Å². The molecule has 0 saturated heterocycles. The van der Waals surface area contributed by atoms with E-state index in [0.717, 1.165) is 22.9 Å². The molecule has 0 unspecified atom stereocenters. The second-order valence-electron chi connectivity index (χ2n) is 3.46. The van der Waals surface area contributed by atoms with E-state index < -0.39 is 0 Å². The topological polar surface area (TPSA) is 30.0 Å². The van der Waals surface area contributed by atoms with Gasteiger partial charge in [-0.1, -0.05) is 5.57 Å². The summed E-state index contributed by atoms with van der Waals surface area (Å²) in [5.41, 5.74) is 2.37. The predicted octanol–water partition coefficient (Wildman–Crippen LogP) is 2.68. The first-order chi connectivity index (χ1) is 6.74. The number of pyridine rings is 1. The van der Waals surface area contributed by atoms with Crippen molar-refractivity contribution in [2.24, 2.45) is 0 Å². The SMILES string of the molecule is O=C1C=C(Cc2cncc(Br)c2)CC1. The van der Waals surface area contributed by atoms with Gasteiger partial charge in [0.25, 0.3) is 0 Å². The van der Waals surface area contributed by atoms with Gasteiger partial charge in [-0.15, -0.1) is 0 Å². The van der Waals surface area contributed by atoms with Crippen molar-refractivity contribution in [3.8, 4) is 0 Å². The van der Waals surface area contributed by atoms with Crippen molar-refractivity contribution in [2.75, 3.05) is 0 Å². The summed E-state index contributed by atoms with van der Waals surface area (Å²) in [6, 6.07) is 2.04. The molecule has 2 rings (SSSR count). The maximum atomic E-state index is 11.0. The molecule has 1 aromatic heterocycles. The normalized spacial score (nSPS) is 15.8. The zero-order valence-electron chi connectivity index (χ0n) is 7.66. The average molecular weight is 252 g/mol. The summed E-state index contributed by atoms with van der Waals surface area (Å²) in [6.07, 6.45) is 7.80. The highest BCUT2D eigenvalue weighted by Gasteiger charge is 2.12. The van der Waals surface area contributed by atoms with E-state index in [0.29, 0.717) is 6.42 Å². The predicted molar refractivity (Wildman–Crippen MR) is 58.0 cm³/mol. The van der Waals surface area contributed by atoms with Gasteiger partial charge in [-0.25, -0.2) is 0 Å². The molecule has 0 aromatic carbocycles. The van der Waals surface area contributed by atoms with Gasteiger partial charge in [0.1, 0.15) is 0 Å². The maximum absolute atomic E-state index is 11.0. The van der Waals surface area contributed by atoms with Crippen LogP contribution in [-0.4, -0.2) is 10.8 Å². The van der Waals surface area contributed by atoms with Gasteiger partial charge in [-0.2, -0.15) is 0 Å². The fraction of sp³-hybridized carbons (Fsp3) is 0.273. The van der Waals surface area contributed by atoms with Crippen LogP contribution in [0.3, 0.4) is 0 Å². The van der Waals surface area contributed by atoms with Crippen LogP contribution < -0.4 is 0 Å². The summed E-state index contributed by atoms with van der Waals surface area (Å²) in [7, 11) is 0. The number of allylic oxidation sites excluding steroid dienone is 2. The lowest BCUT2D eigenvalue weighted by Gasteiger charge is -2.01. The highest BCUT2D eigenvalue weighted by Crippen LogP contribution is 2.20. The third-order valence-electron chi connectivity index (χ3n) is 2.25. The summed E-state index contributed by atoms with van der Waals surface area (Å²) < 4.78 is 0.986. The Bertz CT molecular complexity index is 398. The first kappa shape index (κ1) is 9.59. The summed E-state index contributed by atoms with van der Waals surface area (Å²) in [4.78, 5) is 15.1. The Morgan fingerprint density at radius 2 is 2.21 bits per heavy atom. The summed E-state index contributed by atoms with van der Waals surface area (Å²) in [6.45, 7) is 0. The number of rotatable bonds is 2. The van der Waals surface area contributed by atoms with Gasteiger partial charge in [0, 0.05) is 23.3 Å². The van der Waals surface area contributed by atoms with E-state index in [1.165, 1.54) is 5.57 Å². The lowest BCUT2D eigenvalue weighted by molar-refractivity contribution is -0.114. The third kappa shape index (κ3) is 2.29.